The van der Waals surface area contributed by atoms with Crippen LogP contribution in [0.1, 0.15) is 21.6 Å². The molecule has 31 heavy (non-hydrogen) atoms. The molecular formula is C22H18N6O3. The first kappa shape index (κ1) is 19.8. The molecule has 1 amide bonds. The molecule has 154 valence electrons. The molecule has 0 fully saturated rings. The molecule has 0 bridgehead atoms. The summed E-state index contributed by atoms with van der Waals surface area (Å²) in [6.07, 6.45) is 6.33. The van der Waals surface area contributed by atoms with E-state index in [1.54, 1.807) is 67.3 Å². The highest BCUT2D eigenvalue weighted by atomic mass is 16.5. The van der Waals surface area contributed by atoms with Gasteiger partial charge in [0.05, 0.1) is 12.4 Å². The van der Waals surface area contributed by atoms with Crippen LogP contribution in [0.5, 0.6) is 11.5 Å². The molecule has 9 nitrogen and oxygen atoms in total. The summed E-state index contributed by atoms with van der Waals surface area (Å²) in [5.41, 5.74) is 4.91. The maximum atomic E-state index is 11.9. The fourth-order valence-electron chi connectivity index (χ4n) is 2.68. The number of carbonyl (C=O) groups is 1. The van der Waals surface area contributed by atoms with E-state index in [4.69, 9.17) is 4.74 Å². The molecule has 0 radical (unpaired) electrons. The van der Waals surface area contributed by atoms with E-state index >= 15 is 0 Å². The first-order valence-electron chi connectivity index (χ1n) is 9.35. The van der Waals surface area contributed by atoms with Gasteiger partial charge in [-0.15, -0.1) is 5.10 Å². The van der Waals surface area contributed by atoms with E-state index < -0.39 is 0 Å². The second-order valence-corrected chi connectivity index (χ2v) is 6.44. The van der Waals surface area contributed by atoms with E-state index in [9.17, 15) is 9.90 Å². The minimum atomic E-state index is -0.310. The molecule has 2 heterocycles. The third kappa shape index (κ3) is 5.10. The van der Waals surface area contributed by atoms with Crippen molar-refractivity contribution in [1.82, 2.24) is 25.4 Å². The lowest BCUT2D eigenvalue weighted by Gasteiger charge is -2.04. The topological polar surface area (TPSA) is 115 Å². The van der Waals surface area contributed by atoms with Gasteiger partial charge in [-0.05, 0) is 54.1 Å². The summed E-state index contributed by atoms with van der Waals surface area (Å²) >= 11 is 0. The van der Waals surface area contributed by atoms with Gasteiger partial charge in [0.15, 0.2) is 0 Å². The lowest BCUT2D eigenvalue weighted by molar-refractivity contribution is 0.0955. The quantitative estimate of drug-likeness (QED) is 0.355. The summed E-state index contributed by atoms with van der Waals surface area (Å²) in [5, 5.41) is 21.9. The average molecular weight is 414 g/mol. The van der Waals surface area contributed by atoms with Crippen molar-refractivity contribution in [3.05, 3.63) is 96.1 Å². The molecule has 0 aliphatic rings. The van der Waals surface area contributed by atoms with Crippen LogP contribution in [-0.2, 0) is 6.61 Å². The second-order valence-electron chi connectivity index (χ2n) is 6.44. The van der Waals surface area contributed by atoms with Crippen molar-refractivity contribution >= 4 is 12.1 Å². The molecule has 0 atom stereocenters. The largest absolute Gasteiger partial charge is 0.506 e. The first-order valence-corrected chi connectivity index (χ1v) is 9.35. The number of nitrogens with zero attached hydrogens (tertiary/aromatic N) is 5. The summed E-state index contributed by atoms with van der Waals surface area (Å²) in [5.74, 6) is 0.458. The minimum Gasteiger partial charge on any atom is -0.506 e. The fraction of sp³-hybridized carbons (Fsp3) is 0.0455. The number of rotatable bonds is 7. The Bertz CT molecular complexity index is 1190. The van der Waals surface area contributed by atoms with E-state index in [1.165, 1.54) is 4.68 Å². The number of hydrogen-bond acceptors (Lipinski definition) is 7. The molecule has 0 aliphatic heterocycles. The van der Waals surface area contributed by atoms with Crippen molar-refractivity contribution in [3.63, 3.8) is 0 Å². The number of pyridine rings is 1. The summed E-state index contributed by atoms with van der Waals surface area (Å²) in [7, 11) is 0. The van der Waals surface area contributed by atoms with Gasteiger partial charge in [0.2, 0.25) is 0 Å². The Morgan fingerprint density at radius 1 is 1.10 bits per heavy atom. The molecule has 2 aromatic carbocycles. The Morgan fingerprint density at radius 3 is 2.65 bits per heavy atom. The highest BCUT2D eigenvalue weighted by Crippen LogP contribution is 2.20. The van der Waals surface area contributed by atoms with Crippen molar-refractivity contribution < 1.29 is 14.6 Å². The SMILES string of the molecule is O=C(N/N=C/c1ccc(OCc2cn(-c3ccccc3O)nn2)cc1)c1ccncc1. The summed E-state index contributed by atoms with van der Waals surface area (Å²) in [6.45, 7) is 0.225. The van der Waals surface area contributed by atoms with Crippen LogP contribution in [0.3, 0.4) is 0 Å². The average Bonchev–Trinajstić information content (AvgIpc) is 3.28. The molecule has 0 spiro atoms. The highest BCUT2D eigenvalue weighted by Gasteiger charge is 2.07. The Balaban J connectivity index is 1.30. The molecule has 4 rings (SSSR count). The predicted molar refractivity (Wildman–Crippen MR) is 113 cm³/mol. The van der Waals surface area contributed by atoms with Crippen LogP contribution in [0.2, 0.25) is 0 Å². The maximum Gasteiger partial charge on any atom is 0.271 e. The van der Waals surface area contributed by atoms with Crippen LogP contribution in [-0.4, -0.2) is 37.2 Å². The van der Waals surface area contributed by atoms with Gasteiger partial charge in [-0.2, -0.15) is 5.10 Å². The van der Waals surface area contributed by atoms with E-state index in [0.29, 0.717) is 22.7 Å². The van der Waals surface area contributed by atoms with Crippen LogP contribution >= 0.6 is 0 Å². The van der Waals surface area contributed by atoms with Gasteiger partial charge < -0.3 is 9.84 Å². The number of carbonyl (C=O) groups excluding carboxylic acids is 1. The van der Waals surface area contributed by atoms with E-state index in [1.807, 2.05) is 18.2 Å². The summed E-state index contributed by atoms with van der Waals surface area (Å²) in [4.78, 5) is 15.8. The third-order valence-corrected chi connectivity index (χ3v) is 4.26. The molecule has 0 unspecified atom stereocenters. The molecular weight excluding hydrogens is 396 g/mol. The second kappa shape index (κ2) is 9.31. The normalized spacial score (nSPS) is 10.8. The van der Waals surface area contributed by atoms with E-state index in [0.717, 1.165) is 5.56 Å². The van der Waals surface area contributed by atoms with Gasteiger partial charge >= 0.3 is 0 Å². The van der Waals surface area contributed by atoms with Gasteiger partial charge in [0.1, 0.15) is 29.5 Å². The van der Waals surface area contributed by atoms with E-state index in [2.05, 4.69) is 25.8 Å². The van der Waals surface area contributed by atoms with Crippen LogP contribution in [0.25, 0.3) is 5.69 Å². The van der Waals surface area contributed by atoms with Gasteiger partial charge in [0.25, 0.3) is 5.91 Å². The number of aromatic nitrogens is 4. The van der Waals surface area contributed by atoms with Crippen LogP contribution < -0.4 is 10.2 Å². The zero-order valence-electron chi connectivity index (χ0n) is 16.3. The third-order valence-electron chi connectivity index (χ3n) is 4.26. The van der Waals surface area contributed by atoms with Gasteiger partial charge in [-0.1, -0.05) is 17.3 Å². The standard InChI is InChI=1S/C22H18N6O3/c29-21-4-2-1-3-20(21)28-14-18(25-27-28)15-31-19-7-5-16(6-8-19)13-24-26-22(30)17-9-11-23-12-10-17/h1-14,29H,15H2,(H,26,30)/b24-13+. The molecule has 2 N–H and O–H groups in total. The number of nitrogens with one attached hydrogen (secondary N) is 1. The Labute approximate surface area is 177 Å². The Morgan fingerprint density at radius 2 is 1.87 bits per heavy atom. The fourth-order valence-corrected chi connectivity index (χ4v) is 2.68. The number of phenolic OH excluding ortho intramolecular Hbond substituents is 1. The highest BCUT2D eigenvalue weighted by molar-refractivity contribution is 5.94. The molecule has 0 saturated heterocycles. The Kier molecular flexibility index (Phi) is 5.94. The summed E-state index contributed by atoms with van der Waals surface area (Å²) in [6, 6.07) is 17.3. The van der Waals surface area contributed by atoms with Gasteiger partial charge in [-0.3, -0.25) is 9.78 Å². The zero-order chi connectivity index (χ0) is 21.5. The Hall–Kier alpha value is -4.53. The lowest BCUT2D eigenvalue weighted by Crippen LogP contribution is -2.17. The molecule has 9 heteroatoms. The van der Waals surface area contributed by atoms with Crippen molar-refractivity contribution in [3.8, 4) is 17.2 Å². The van der Waals surface area contributed by atoms with Gasteiger partial charge in [-0.25, -0.2) is 10.1 Å². The molecule has 0 saturated carbocycles. The van der Waals surface area contributed by atoms with Gasteiger partial charge in [0, 0.05) is 18.0 Å². The summed E-state index contributed by atoms with van der Waals surface area (Å²) < 4.78 is 7.22. The maximum absolute atomic E-state index is 11.9. The monoisotopic (exact) mass is 414 g/mol. The number of benzene rings is 2. The number of hydrogen-bond donors (Lipinski definition) is 2. The first-order chi connectivity index (χ1) is 15.2. The number of hydrazone groups is 1. The number of amides is 1. The predicted octanol–water partition coefficient (Wildman–Crippen LogP) is 2.71. The number of para-hydroxylation sites is 2. The van der Waals surface area contributed by atoms with Crippen molar-refractivity contribution in [2.24, 2.45) is 5.10 Å². The number of ether oxygens (including phenoxy) is 1. The molecule has 4 aromatic rings. The zero-order valence-corrected chi connectivity index (χ0v) is 16.3. The molecule has 2 aromatic heterocycles. The minimum absolute atomic E-state index is 0.120. The number of aromatic hydroxyl groups is 1. The van der Waals surface area contributed by atoms with Crippen LogP contribution in [0.4, 0.5) is 0 Å². The smallest absolute Gasteiger partial charge is 0.271 e. The van der Waals surface area contributed by atoms with Crippen molar-refractivity contribution in [2.75, 3.05) is 0 Å². The van der Waals surface area contributed by atoms with Crippen molar-refractivity contribution in [1.29, 1.82) is 0 Å². The van der Waals surface area contributed by atoms with Crippen LogP contribution in [0.15, 0.2) is 84.4 Å². The lowest BCUT2D eigenvalue weighted by atomic mass is 10.2. The van der Waals surface area contributed by atoms with E-state index in [-0.39, 0.29) is 18.3 Å². The van der Waals surface area contributed by atoms with Crippen molar-refractivity contribution in [2.45, 2.75) is 6.61 Å². The molecule has 0 aliphatic carbocycles. The van der Waals surface area contributed by atoms with Crippen LogP contribution in [0, 0.1) is 0 Å². The number of phenols is 1.